The fourth-order valence-corrected chi connectivity index (χ4v) is 63.3. The Hall–Kier alpha value is -0.605. The van der Waals surface area contributed by atoms with Gasteiger partial charge in [0.25, 0.3) is 0 Å². The molecule has 0 N–H and O–H groups in total. The molecule has 0 heterocycles. The molecular formula is C46H86Si8. The second kappa shape index (κ2) is 15.9. The van der Waals surface area contributed by atoms with E-state index in [9.17, 15) is 0 Å². The summed E-state index contributed by atoms with van der Waals surface area (Å²) in [6.45, 7) is 63.1. The largest absolute Gasteiger partial charge is 0.0693 e. The van der Waals surface area contributed by atoms with Crippen molar-refractivity contribution >= 4 is 64.6 Å². The van der Waals surface area contributed by atoms with E-state index in [1.807, 2.05) is 0 Å². The van der Waals surface area contributed by atoms with Crippen molar-refractivity contribution in [3.63, 3.8) is 0 Å². The summed E-state index contributed by atoms with van der Waals surface area (Å²) in [5.41, 5.74) is 12.3. The number of rotatable bonds is 14. The van der Waals surface area contributed by atoms with Gasteiger partial charge in [0.2, 0.25) is 0 Å². The number of hydrogen-bond acceptors (Lipinski definition) is 0. The molecule has 0 aromatic heterocycles. The Bertz CT molecular complexity index is 1470. The minimum atomic E-state index is -1.50. The highest BCUT2D eigenvalue weighted by Crippen LogP contribution is 2.45. The van der Waals surface area contributed by atoms with Crippen molar-refractivity contribution in [3.05, 3.63) is 82.9 Å². The van der Waals surface area contributed by atoms with Crippen LogP contribution in [0, 0.1) is 0 Å². The summed E-state index contributed by atoms with van der Waals surface area (Å²) in [5.74, 6) is 0. The molecule has 0 fully saturated rings. The third kappa shape index (κ3) is 11.8. The molecule has 0 unspecified atom stereocenters. The van der Waals surface area contributed by atoms with Gasteiger partial charge in [-0.1, -0.05) is 212 Å². The maximum atomic E-state index is 2.74. The molecule has 0 saturated carbocycles. The van der Waals surface area contributed by atoms with Crippen LogP contribution in [0.1, 0.15) is 42.9 Å². The molecular weight excluding hydrogens is 777 g/mol. The van der Waals surface area contributed by atoms with Crippen molar-refractivity contribution in [2.24, 2.45) is 0 Å². The van der Waals surface area contributed by atoms with E-state index in [0.29, 0.717) is 0 Å². The van der Waals surface area contributed by atoms with Gasteiger partial charge in [0.05, 0.1) is 0 Å². The smallest absolute Gasteiger partial charge is 0.0493 e. The molecule has 3 aromatic rings. The van der Waals surface area contributed by atoms with Crippen LogP contribution in [0.25, 0.3) is 22.3 Å². The summed E-state index contributed by atoms with van der Waals surface area (Å²) in [6, 6.07) is 25.9. The first-order chi connectivity index (χ1) is 23.8. The van der Waals surface area contributed by atoms with Crippen molar-refractivity contribution in [1.29, 1.82) is 0 Å². The van der Waals surface area contributed by atoms with Crippen LogP contribution < -0.4 is 0 Å². The average molecular weight is 864 g/mol. The van der Waals surface area contributed by atoms with Crippen LogP contribution in [0.4, 0.5) is 0 Å². The monoisotopic (exact) mass is 862 g/mol. The minimum Gasteiger partial charge on any atom is -0.0693 e. The molecule has 0 radical (unpaired) electrons. The normalized spacial score (nSPS) is 14.6. The first kappa shape index (κ1) is 47.8. The highest BCUT2D eigenvalue weighted by atomic mass is 28.4. The van der Waals surface area contributed by atoms with Crippen molar-refractivity contribution in [2.45, 2.75) is 178 Å². The highest BCUT2D eigenvalue weighted by molar-refractivity contribution is 6.98. The Morgan fingerprint density at radius 3 is 0.593 bits per heavy atom. The average Bonchev–Trinajstić information content (AvgIpc) is 2.86. The van der Waals surface area contributed by atoms with Gasteiger partial charge in [-0.25, -0.2) is 0 Å². The minimum absolute atomic E-state index is 0.718. The predicted molar refractivity (Wildman–Crippen MR) is 275 cm³/mol. The van der Waals surface area contributed by atoms with Gasteiger partial charge >= 0.3 is 0 Å². The Morgan fingerprint density at radius 2 is 0.426 bits per heavy atom. The molecule has 0 amide bonds. The van der Waals surface area contributed by atoms with E-state index in [2.05, 4.69) is 218 Å². The lowest BCUT2D eigenvalue weighted by Crippen LogP contribution is -2.48. The summed E-state index contributed by atoms with van der Waals surface area (Å²) in [5, 5.41) is 2.87. The highest BCUT2D eigenvalue weighted by Gasteiger charge is 2.44. The third-order valence-corrected chi connectivity index (χ3v) is 49.1. The molecule has 0 nitrogen and oxygen atoms in total. The lowest BCUT2D eigenvalue weighted by molar-refractivity contribution is 1.13. The van der Waals surface area contributed by atoms with Gasteiger partial charge in [0.15, 0.2) is 0 Å². The zero-order valence-electron chi connectivity index (χ0n) is 40.1. The first-order valence-electron chi connectivity index (χ1n) is 21.2. The van der Waals surface area contributed by atoms with Crippen LogP contribution in [0.5, 0.6) is 0 Å². The maximum absolute atomic E-state index is 2.74. The summed E-state index contributed by atoms with van der Waals surface area (Å²) in [4.78, 5) is 0. The summed E-state index contributed by atoms with van der Waals surface area (Å²) < 4.78 is 0. The standard InChI is InChI=1S/C46H86Si8/c1-47(2,3)43(48(4,5)6)39-29-37(30-40(33-39)44(49(7,8)9)50(10,11)12)35-26-25-27-36(28-35)38-31-41(45(51(13,14)15)52(16,17)18)34-42(32-38)46(53(19,20)21)54(22,23)24/h25-34,43-46H,1-24H3. The zero-order valence-corrected chi connectivity index (χ0v) is 48.1. The Balaban J connectivity index is 2.50. The molecule has 0 atom stereocenters. The predicted octanol–water partition coefficient (Wildman–Crippen LogP) is 16.4. The SMILES string of the molecule is C[Si](C)(C)C(c1cc(-c2cccc(-c3cc(C([Si](C)(C)C)[Si](C)(C)C)cc(C([Si](C)(C)C)[Si](C)(C)C)c3)c2)cc(C([Si](C)(C)C)[Si](C)(C)C)c1)[Si](C)(C)C. The molecule has 0 bridgehead atoms. The van der Waals surface area contributed by atoms with E-state index in [0.717, 1.165) is 20.7 Å². The zero-order chi connectivity index (χ0) is 42.0. The Morgan fingerprint density at radius 1 is 0.241 bits per heavy atom. The fraction of sp³-hybridized carbons (Fsp3) is 0.609. The van der Waals surface area contributed by atoms with Gasteiger partial charge in [-0.05, 0) is 71.2 Å². The summed E-state index contributed by atoms with van der Waals surface area (Å²) in [6.07, 6.45) is 0. The van der Waals surface area contributed by atoms with Crippen molar-refractivity contribution in [3.8, 4) is 22.3 Å². The van der Waals surface area contributed by atoms with E-state index in [1.54, 1.807) is 22.3 Å². The van der Waals surface area contributed by atoms with Crippen LogP contribution in [0.15, 0.2) is 60.7 Å². The fourth-order valence-electron chi connectivity index (χ4n) is 12.4. The van der Waals surface area contributed by atoms with E-state index in [-0.39, 0.29) is 0 Å². The second-order valence-corrected chi connectivity index (χ2v) is 70.8. The number of hydrogen-bond donors (Lipinski definition) is 0. The van der Waals surface area contributed by atoms with Crippen molar-refractivity contribution in [2.75, 3.05) is 0 Å². The molecule has 302 valence electrons. The van der Waals surface area contributed by atoms with Crippen LogP contribution >= 0.6 is 0 Å². The molecule has 8 heteroatoms. The van der Waals surface area contributed by atoms with E-state index >= 15 is 0 Å². The van der Waals surface area contributed by atoms with Crippen LogP contribution in [0.3, 0.4) is 0 Å². The van der Waals surface area contributed by atoms with Gasteiger partial charge in [-0.15, -0.1) is 0 Å². The van der Waals surface area contributed by atoms with Crippen LogP contribution in [-0.4, -0.2) is 64.6 Å². The maximum Gasteiger partial charge on any atom is 0.0493 e. The molecule has 0 aliphatic heterocycles. The molecule has 3 rings (SSSR count). The topological polar surface area (TPSA) is 0 Å². The summed E-state index contributed by atoms with van der Waals surface area (Å²) >= 11 is 0. The van der Waals surface area contributed by atoms with E-state index in [4.69, 9.17) is 0 Å². The lowest BCUT2D eigenvalue weighted by Gasteiger charge is -2.42. The molecule has 0 aliphatic carbocycles. The number of benzene rings is 3. The van der Waals surface area contributed by atoms with Gasteiger partial charge in [0, 0.05) is 64.6 Å². The molecule has 0 spiro atoms. The summed E-state index contributed by atoms with van der Waals surface area (Å²) in [7, 11) is -12.0. The Kier molecular flexibility index (Phi) is 14.0. The van der Waals surface area contributed by atoms with Gasteiger partial charge in [-0.2, -0.15) is 0 Å². The van der Waals surface area contributed by atoms with Crippen molar-refractivity contribution < 1.29 is 0 Å². The molecule has 3 aromatic carbocycles. The van der Waals surface area contributed by atoms with Gasteiger partial charge in [-0.3, -0.25) is 0 Å². The molecule has 0 saturated heterocycles. The third-order valence-electron chi connectivity index (χ3n) is 11.7. The lowest BCUT2D eigenvalue weighted by atomic mass is 9.95. The van der Waals surface area contributed by atoms with Gasteiger partial charge in [0.1, 0.15) is 0 Å². The van der Waals surface area contributed by atoms with E-state index < -0.39 is 64.6 Å². The molecule has 54 heavy (non-hydrogen) atoms. The first-order valence-corrected chi connectivity index (χ1v) is 49.9. The van der Waals surface area contributed by atoms with Crippen LogP contribution in [-0.2, 0) is 0 Å². The van der Waals surface area contributed by atoms with Crippen molar-refractivity contribution in [1.82, 2.24) is 0 Å². The Labute approximate surface area is 345 Å². The van der Waals surface area contributed by atoms with Crippen LogP contribution in [0.2, 0.25) is 157 Å². The molecule has 0 aliphatic rings. The van der Waals surface area contributed by atoms with E-state index in [1.165, 1.54) is 22.3 Å². The second-order valence-electron chi connectivity index (χ2n) is 26.0. The quantitative estimate of drug-likeness (QED) is 0.142. The van der Waals surface area contributed by atoms with Gasteiger partial charge < -0.3 is 0 Å².